The molecule has 0 aliphatic carbocycles. The van der Waals surface area contributed by atoms with Gasteiger partial charge in [0.05, 0.1) is 0 Å². The van der Waals surface area contributed by atoms with Crippen molar-refractivity contribution in [2.45, 2.75) is 26.2 Å². The van der Waals surface area contributed by atoms with Crippen LogP contribution in [-0.4, -0.2) is 23.6 Å². The molecule has 1 aromatic rings. The SMILES string of the molecule is CNCCCc1nc(C(F)F)c(C)[nH]1. The first-order valence-corrected chi connectivity index (χ1v) is 4.63. The average molecular weight is 203 g/mol. The van der Waals surface area contributed by atoms with Crippen LogP contribution in [0.15, 0.2) is 0 Å². The summed E-state index contributed by atoms with van der Waals surface area (Å²) in [6, 6.07) is 0. The monoisotopic (exact) mass is 203 g/mol. The van der Waals surface area contributed by atoms with E-state index in [0.29, 0.717) is 17.9 Å². The Hall–Kier alpha value is -0.970. The lowest BCUT2D eigenvalue weighted by molar-refractivity contribution is 0.145. The minimum Gasteiger partial charge on any atom is -0.346 e. The molecule has 14 heavy (non-hydrogen) atoms. The number of rotatable bonds is 5. The molecule has 2 N–H and O–H groups in total. The van der Waals surface area contributed by atoms with E-state index in [1.54, 1.807) is 6.92 Å². The zero-order chi connectivity index (χ0) is 10.6. The maximum Gasteiger partial charge on any atom is 0.282 e. The van der Waals surface area contributed by atoms with Gasteiger partial charge < -0.3 is 10.3 Å². The van der Waals surface area contributed by atoms with Crippen LogP contribution in [0.2, 0.25) is 0 Å². The summed E-state index contributed by atoms with van der Waals surface area (Å²) >= 11 is 0. The standard InChI is InChI=1S/C9H15F2N3/c1-6-8(9(10)11)14-7(13-6)4-3-5-12-2/h9,12H,3-5H2,1-2H3,(H,13,14). The Balaban J connectivity index is 2.57. The Morgan fingerprint density at radius 3 is 2.71 bits per heavy atom. The molecular weight excluding hydrogens is 188 g/mol. The molecule has 0 bridgehead atoms. The van der Waals surface area contributed by atoms with Crippen LogP contribution >= 0.6 is 0 Å². The third-order valence-corrected chi connectivity index (χ3v) is 2.02. The van der Waals surface area contributed by atoms with Crippen LogP contribution in [0.5, 0.6) is 0 Å². The van der Waals surface area contributed by atoms with Crippen molar-refractivity contribution in [2.75, 3.05) is 13.6 Å². The highest BCUT2D eigenvalue weighted by Crippen LogP contribution is 2.20. The van der Waals surface area contributed by atoms with Crippen LogP contribution in [0.4, 0.5) is 8.78 Å². The van der Waals surface area contributed by atoms with Crippen molar-refractivity contribution < 1.29 is 8.78 Å². The molecule has 0 atom stereocenters. The summed E-state index contributed by atoms with van der Waals surface area (Å²) < 4.78 is 24.7. The van der Waals surface area contributed by atoms with E-state index in [0.717, 1.165) is 13.0 Å². The van der Waals surface area contributed by atoms with Gasteiger partial charge in [0.15, 0.2) is 0 Å². The van der Waals surface area contributed by atoms with Gasteiger partial charge in [-0.2, -0.15) is 0 Å². The Kier molecular flexibility index (Phi) is 4.00. The van der Waals surface area contributed by atoms with Gasteiger partial charge in [0.2, 0.25) is 0 Å². The van der Waals surface area contributed by atoms with E-state index in [4.69, 9.17) is 0 Å². The number of hydrogen-bond donors (Lipinski definition) is 2. The highest BCUT2D eigenvalue weighted by Gasteiger charge is 2.15. The molecule has 80 valence electrons. The predicted molar refractivity (Wildman–Crippen MR) is 50.5 cm³/mol. The highest BCUT2D eigenvalue weighted by molar-refractivity contribution is 5.14. The number of nitrogens with zero attached hydrogens (tertiary/aromatic N) is 1. The average Bonchev–Trinajstić information content (AvgIpc) is 2.47. The van der Waals surface area contributed by atoms with Gasteiger partial charge in [0.1, 0.15) is 11.5 Å². The van der Waals surface area contributed by atoms with Crippen LogP contribution in [0.3, 0.4) is 0 Å². The van der Waals surface area contributed by atoms with Crippen molar-refractivity contribution in [3.63, 3.8) is 0 Å². The molecule has 0 amide bonds. The van der Waals surface area contributed by atoms with Crippen LogP contribution in [0, 0.1) is 6.92 Å². The molecular formula is C9H15F2N3. The van der Waals surface area contributed by atoms with Gasteiger partial charge in [-0.15, -0.1) is 0 Å². The Bertz CT molecular complexity index is 284. The molecule has 0 aliphatic rings. The molecule has 0 unspecified atom stereocenters. The second-order valence-electron chi connectivity index (χ2n) is 3.20. The van der Waals surface area contributed by atoms with Crippen molar-refractivity contribution in [3.05, 3.63) is 17.2 Å². The summed E-state index contributed by atoms with van der Waals surface area (Å²) in [5.41, 5.74) is 0.351. The summed E-state index contributed by atoms with van der Waals surface area (Å²) in [5, 5.41) is 2.99. The van der Waals surface area contributed by atoms with Crippen molar-refractivity contribution in [1.82, 2.24) is 15.3 Å². The zero-order valence-corrected chi connectivity index (χ0v) is 8.40. The summed E-state index contributed by atoms with van der Waals surface area (Å²) in [6.45, 7) is 2.49. The van der Waals surface area contributed by atoms with Gasteiger partial charge >= 0.3 is 0 Å². The van der Waals surface area contributed by atoms with Crippen molar-refractivity contribution in [1.29, 1.82) is 0 Å². The molecule has 5 heteroatoms. The number of aromatic nitrogens is 2. The fourth-order valence-corrected chi connectivity index (χ4v) is 1.30. The van der Waals surface area contributed by atoms with Gasteiger partial charge in [-0.1, -0.05) is 0 Å². The molecule has 0 radical (unpaired) electrons. The second-order valence-corrected chi connectivity index (χ2v) is 3.20. The smallest absolute Gasteiger partial charge is 0.282 e. The molecule has 0 spiro atoms. The van der Waals surface area contributed by atoms with Crippen LogP contribution < -0.4 is 5.32 Å². The molecule has 0 saturated carbocycles. The number of aromatic amines is 1. The summed E-state index contributed by atoms with van der Waals surface area (Å²) in [4.78, 5) is 6.71. The minimum atomic E-state index is -2.48. The fraction of sp³-hybridized carbons (Fsp3) is 0.667. The zero-order valence-electron chi connectivity index (χ0n) is 8.40. The van der Waals surface area contributed by atoms with E-state index in [1.807, 2.05) is 7.05 Å². The van der Waals surface area contributed by atoms with Gasteiger partial charge in [0.25, 0.3) is 6.43 Å². The highest BCUT2D eigenvalue weighted by atomic mass is 19.3. The minimum absolute atomic E-state index is 0.121. The fourth-order valence-electron chi connectivity index (χ4n) is 1.30. The lowest BCUT2D eigenvalue weighted by Crippen LogP contribution is -2.08. The van der Waals surface area contributed by atoms with Gasteiger partial charge in [-0.3, -0.25) is 0 Å². The molecule has 1 aromatic heterocycles. The van der Waals surface area contributed by atoms with Crippen LogP contribution in [-0.2, 0) is 6.42 Å². The molecule has 1 heterocycles. The van der Waals surface area contributed by atoms with E-state index in [9.17, 15) is 8.78 Å². The first kappa shape index (κ1) is 11.1. The number of halogens is 2. The van der Waals surface area contributed by atoms with E-state index in [1.165, 1.54) is 0 Å². The second kappa shape index (κ2) is 5.05. The summed E-state index contributed by atoms with van der Waals surface area (Å²) in [6.07, 6.45) is -0.884. The number of aryl methyl sites for hydroxylation is 2. The number of imidazole rings is 1. The van der Waals surface area contributed by atoms with E-state index in [2.05, 4.69) is 15.3 Å². The summed E-state index contributed by atoms with van der Waals surface area (Å²) in [7, 11) is 1.86. The Morgan fingerprint density at radius 1 is 1.50 bits per heavy atom. The molecule has 0 aromatic carbocycles. The lowest BCUT2D eigenvalue weighted by atomic mass is 10.3. The Labute approximate surface area is 81.9 Å². The van der Waals surface area contributed by atoms with Gasteiger partial charge in [-0.25, -0.2) is 13.8 Å². The molecule has 3 nitrogen and oxygen atoms in total. The van der Waals surface area contributed by atoms with Crippen LogP contribution in [0.25, 0.3) is 0 Å². The van der Waals surface area contributed by atoms with E-state index in [-0.39, 0.29) is 5.69 Å². The molecule has 0 fully saturated rings. The maximum atomic E-state index is 12.3. The number of hydrogen-bond acceptors (Lipinski definition) is 2. The first-order chi connectivity index (χ1) is 6.65. The lowest BCUT2D eigenvalue weighted by Gasteiger charge is -1.95. The molecule has 0 aliphatic heterocycles. The predicted octanol–water partition coefficient (Wildman–Crippen LogP) is 1.81. The molecule has 1 rings (SSSR count). The number of alkyl halides is 2. The number of nitrogens with one attached hydrogen (secondary N) is 2. The first-order valence-electron chi connectivity index (χ1n) is 4.63. The van der Waals surface area contributed by atoms with Gasteiger partial charge in [0, 0.05) is 12.1 Å². The number of H-pyrrole nitrogens is 1. The van der Waals surface area contributed by atoms with E-state index >= 15 is 0 Å². The maximum absolute atomic E-state index is 12.3. The molecule has 0 saturated heterocycles. The third kappa shape index (κ3) is 2.77. The largest absolute Gasteiger partial charge is 0.346 e. The van der Waals surface area contributed by atoms with Crippen LogP contribution in [0.1, 0.15) is 30.1 Å². The quantitative estimate of drug-likeness (QED) is 0.716. The third-order valence-electron chi connectivity index (χ3n) is 2.02. The van der Waals surface area contributed by atoms with Crippen molar-refractivity contribution in [2.24, 2.45) is 0 Å². The summed E-state index contributed by atoms with van der Waals surface area (Å²) in [5.74, 6) is 0.646. The Morgan fingerprint density at radius 2 is 2.21 bits per heavy atom. The van der Waals surface area contributed by atoms with Crippen molar-refractivity contribution >= 4 is 0 Å². The van der Waals surface area contributed by atoms with Crippen molar-refractivity contribution in [3.8, 4) is 0 Å². The van der Waals surface area contributed by atoms with Gasteiger partial charge in [-0.05, 0) is 26.9 Å². The van der Waals surface area contributed by atoms with E-state index < -0.39 is 6.43 Å². The normalized spacial score (nSPS) is 11.2. The topological polar surface area (TPSA) is 40.7 Å².